The van der Waals surface area contributed by atoms with Gasteiger partial charge in [0.05, 0.1) is 0 Å². The van der Waals surface area contributed by atoms with Crippen molar-refractivity contribution in [1.29, 1.82) is 0 Å². The van der Waals surface area contributed by atoms with Gasteiger partial charge < -0.3 is 9.88 Å². The maximum Gasteiger partial charge on any atom is 0.156 e. The van der Waals surface area contributed by atoms with Crippen LogP contribution < -0.4 is 4.90 Å². The van der Waals surface area contributed by atoms with Crippen LogP contribution in [0.25, 0.3) is 21.9 Å². The van der Waals surface area contributed by atoms with Crippen LogP contribution in [0.5, 0.6) is 0 Å². The Balaban J connectivity index is 1.39. The number of anilines is 1. The molecule has 1 N–H and O–H groups in total. The molecular formula is C21H20ClN5. The molecule has 136 valence electrons. The molecule has 0 bridgehead atoms. The zero-order valence-electron chi connectivity index (χ0n) is 14.9. The summed E-state index contributed by atoms with van der Waals surface area (Å²) in [6, 6.07) is 16.5. The Morgan fingerprint density at radius 1 is 0.963 bits per heavy atom. The number of nitrogens with zero attached hydrogens (tertiary/aromatic N) is 4. The number of fused-ring (bicyclic) bond motifs is 3. The van der Waals surface area contributed by atoms with E-state index in [1.165, 1.54) is 5.56 Å². The molecule has 5 nitrogen and oxygen atoms in total. The van der Waals surface area contributed by atoms with Crippen molar-refractivity contribution in [3.63, 3.8) is 0 Å². The standard InChI is InChI=1S/C21H20ClN5/c22-16-6-7-18-17(12-16)19-20(25-18)21(24-14-23-19)27-10-8-26(9-11-27)13-15-4-2-1-3-5-15/h1-7,12,14,25H,8-11,13H2. The molecule has 2 aromatic heterocycles. The summed E-state index contributed by atoms with van der Waals surface area (Å²) in [4.78, 5) is 17.4. The summed E-state index contributed by atoms with van der Waals surface area (Å²) in [6.07, 6.45) is 1.65. The number of aromatic amines is 1. The van der Waals surface area contributed by atoms with Gasteiger partial charge in [-0.1, -0.05) is 41.9 Å². The van der Waals surface area contributed by atoms with Gasteiger partial charge >= 0.3 is 0 Å². The summed E-state index contributed by atoms with van der Waals surface area (Å²) in [7, 11) is 0. The quantitative estimate of drug-likeness (QED) is 0.584. The fourth-order valence-corrected chi connectivity index (χ4v) is 4.02. The molecule has 2 aromatic carbocycles. The van der Waals surface area contributed by atoms with Crippen LogP contribution in [0.3, 0.4) is 0 Å². The molecule has 5 rings (SSSR count). The Labute approximate surface area is 162 Å². The highest BCUT2D eigenvalue weighted by atomic mass is 35.5. The highest BCUT2D eigenvalue weighted by Crippen LogP contribution is 2.31. The van der Waals surface area contributed by atoms with Gasteiger partial charge in [-0.25, -0.2) is 9.97 Å². The molecule has 0 radical (unpaired) electrons. The SMILES string of the molecule is Clc1ccc2[nH]c3c(N4CCN(Cc5ccccc5)CC4)ncnc3c2c1. The van der Waals surface area contributed by atoms with E-state index in [1.54, 1.807) is 6.33 Å². The predicted molar refractivity (Wildman–Crippen MR) is 110 cm³/mol. The number of hydrogen-bond donors (Lipinski definition) is 1. The van der Waals surface area contributed by atoms with Crippen LogP contribution in [0, 0.1) is 0 Å². The molecule has 1 fully saturated rings. The van der Waals surface area contributed by atoms with E-state index >= 15 is 0 Å². The van der Waals surface area contributed by atoms with Gasteiger partial charge in [-0.3, -0.25) is 4.90 Å². The van der Waals surface area contributed by atoms with E-state index in [4.69, 9.17) is 11.6 Å². The lowest BCUT2D eigenvalue weighted by atomic mass is 10.2. The second kappa shape index (κ2) is 6.83. The summed E-state index contributed by atoms with van der Waals surface area (Å²) in [6.45, 7) is 4.95. The second-order valence-corrected chi connectivity index (χ2v) is 7.42. The third-order valence-corrected chi connectivity index (χ3v) is 5.48. The smallest absolute Gasteiger partial charge is 0.156 e. The zero-order chi connectivity index (χ0) is 18.2. The number of piperazine rings is 1. The summed E-state index contributed by atoms with van der Waals surface area (Å²) in [5.41, 5.74) is 4.33. The fraction of sp³-hybridized carbons (Fsp3) is 0.238. The molecule has 3 heterocycles. The van der Waals surface area contributed by atoms with Crippen LogP contribution in [-0.2, 0) is 6.54 Å². The molecule has 0 saturated carbocycles. The molecule has 0 unspecified atom stereocenters. The normalized spacial score (nSPS) is 15.7. The first-order valence-corrected chi connectivity index (χ1v) is 9.59. The fourth-order valence-electron chi connectivity index (χ4n) is 3.85. The van der Waals surface area contributed by atoms with Crippen molar-refractivity contribution in [2.45, 2.75) is 6.54 Å². The van der Waals surface area contributed by atoms with Crippen molar-refractivity contribution in [2.75, 3.05) is 31.1 Å². The molecule has 0 spiro atoms. The molecular weight excluding hydrogens is 358 g/mol. The lowest BCUT2D eigenvalue weighted by Gasteiger charge is -2.35. The Bertz CT molecular complexity index is 1080. The van der Waals surface area contributed by atoms with E-state index in [0.717, 1.165) is 65.5 Å². The average Bonchev–Trinajstić information content (AvgIpc) is 3.07. The summed E-state index contributed by atoms with van der Waals surface area (Å²) < 4.78 is 0. The summed E-state index contributed by atoms with van der Waals surface area (Å²) in [5.74, 6) is 0.978. The second-order valence-electron chi connectivity index (χ2n) is 6.98. The molecule has 1 aliphatic heterocycles. The average molecular weight is 378 g/mol. The predicted octanol–water partition coefficient (Wildman–Crippen LogP) is 4.09. The van der Waals surface area contributed by atoms with Crippen molar-refractivity contribution in [3.8, 4) is 0 Å². The van der Waals surface area contributed by atoms with Crippen molar-refractivity contribution in [1.82, 2.24) is 19.9 Å². The van der Waals surface area contributed by atoms with E-state index in [2.05, 4.69) is 55.1 Å². The molecule has 1 saturated heterocycles. The molecule has 0 atom stereocenters. The lowest BCUT2D eigenvalue weighted by molar-refractivity contribution is 0.249. The van der Waals surface area contributed by atoms with Crippen LogP contribution in [0.2, 0.25) is 5.02 Å². The minimum absolute atomic E-state index is 0.720. The van der Waals surface area contributed by atoms with Gasteiger partial charge in [-0.15, -0.1) is 0 Å². The van der Waals surface area contributed by atoms with E-state index < -0.39 is 0 Å². The first kappa shape index (κ1) is 16.5. The van der Waals surface area contributed by atoms with Gasteiger partial charge in [0.2, 0.25) is 0 Å². The van der Waals surface area contributed by atoms with Crippen LogP contribution in [0.1, 0.15) is 5.56 Å². The van der Waals surface area contributed by atoms with Gasteiger partial charge in [0.15, 0.2) is 5.82 Å². The molecule has 27 heavy (non-hydrogen) atoms. The third-order valence-electron chi connectivity index (χ3n) is 5.24. The minimum atomic E-state index is 0.720. The van der Waals surface area contributed by atoms with Gasteiger partial charge in [0.25, 0.3) is 0 Å². The maximum absolute atomic E-state index is 6.17. The first-order chi connectivity index (χ1) is 13.3. The largest absolute Gasteiger partial charge is 0.352 e. The van der Waals surface area contributed by atoms with Gasteiger partial charge in [-0.05, 0) is 23.8 Å². The van der Waals surface area contributed by atoms with Crippen molar-refractivity contribution in [2.24, 2.45) is 0 Å². The van der Waals surface area contributed by atoms with Gasteiger partial charge in [-0.2, -0.15) is 0 Å². The van der Waals surface area contributed by atoms with Crippen LogP contribution >= 0.6 is 11.6 Å². The Kier molecular flexibility index (Phi) is 4.19. The van der Waals surface area contributed by atoms with Crippen molar-refractivity contribution in [3.05, 3.63) is 65.4 Å². The topological polar surface area (TPSA) is 48.1 Å². The molecule has 4 aromatic rings. The number of rotatable bonds is 3. The number of H-pyrrole nitrogens is 1. The summed E-state index contributed by atoms with van der Waals surface area (Å²) >= 11 is 6.17. The van der Waals surface area contributed by atoms with Crippen LogP contribution in [0.15, 0.2) is 54.9 Å². The van der Waals surface area contributed by atoms with E-state index in [9.17, 15) is 0 Å². The highest BCUT2D eigenvalue weighted by molar-refractivity contribution is 6.31. The molecule has 1 aliphatic rings. The van der Waals surface area contributed by atoms with Crippen LogP contribution in [0.4, 0.5) is 5.82 Å². The van der Waals surface area contributed by atoms with E-state index in [1.807, 2.05) is 18.2 Å². The molecule has 6 heteroatoms. The number of nitrogens with one attached hydrogen (secondary N) is 1. The number of halogens is 1. The minimum Gasteiger partial charge on any atom is -0.352 e. The van der Waals surface area contributed by atoms with Gasteiger partial charge in [0.1, 0.15) is 17.4 Å². The first-order valence-electron chi connectivity index (χ1n) is 9.21. The highest BCUT2D eigenvalue weighted by Gasteiger charge is 2.21. The monoisotopic (exact) mass is 377 g/mol. The number of benzene rings is 2. The van der Waals surface area contributed by atoms with Crippen molar-refractivity contribution >= 4 is 39.4 Å². The van der Waals surface area contributed by atoms with Crippen molar-refractivity contribution < 1.29 is 0 Å². The van der Waals surface area contributed by atoms with Gasteiger partial charge in [0, 0.05) is 48.6 Å². The number of hydrogen-bond acceptors (Lipinski definition) is 4. The van der Waals surface area contributed by atoms with Crippen LogP contribution in [-0.4, -0.2) is 46.0 Å². The molecule has 0 aliphatic carbocycles. The Morgan fingerprint density at radius 3 is 2.59 bits per heavy atom. The third kappa shape index (κ3) is 3.13. The Hall–Kier alpha value is -2.63. The molecule has 0 amide bonds. The summed E-state index contributed by atoms with van der Waals surface area (Å²) in [5, 5.41) is 1.77. The number of aromatic nitrogens is 3. The van der Waals surface area contributed by atoms with E-state index in [-0.39, 0.29) is 0 Å². The maximum atomic E-state index is 6.17. The lowest BCUT2D eigenvalue weighted by Crippen LogP contribution is -2.46. The van der Waals surface area contributed by atoms with E-state index in [0.29, 0.717) is 0 Å². The zero-order valence-corrected chi connectivity index (χ0v) is 15.7. The Morgan fingerprint density at radius 2 is 1.78 bits per heavy atom.